The van der Waals surface area contributed by atoms with Gasteiger partial charge in [0.05, 0.1) is 11.2 Å². The monoisotopic (exact) mass is 321 g/mol. The number of primary amides is 1. The molecule has 0 aliphatic carbocycles. The number of benzene rings is 2. The van der Waals surface area contributed by atoms with Gasteiger partial charge in [0, 0.05) is 5.56 Å². The van der Waals surface area contributed by atoms with Crippen molar-refractivity contribution >= 4 is 23.8 Å². The van der Waals surface area contributed by atoms with E-state index in [-0.39, 0.29) is 12.4 Å². The van der Waals surface area contributed by atoms with E-state index >= 15 is 0 Å². The van der Waals surface area contributed by atoms with Crippen LogP contribution in [0.15, 0.2) is 47.6 Å². The van der Waals surface area contributed by atoms with E-state index in [1.165, 1.54) is 18.3 Å². The van der Waals surface area contributed by atoms with Gasteiger partial charge in [-0.2, -0.15) is 5.10 Å². The van der Waals surface area contributed by atoms with Crippen LogP contribution in [0.25, 0.3) is 0 Å². The van der Waals surface area contributed by atoms with Crippen molar-refractivity contribution in [2.24, 2.45) is 10.8 Å². The Morgan fingerprint density at radius 3 is 2.68 bits per heavy atom. The molecule has 0 saturated heterocycles. The molecular formula is C15H13ClFN3O2. The summed E-state index contributed by atoms with van der Waals surface area (Å²) in [4.78, 5) is 10.5. The Morgan fingerprint density at radius 1 is 1.32 bits per heavy atom. The van der Waals surface area contributed by atoms with Crippen LogP contribution in [0.3, 0.4) is 0 Å². The fourth-order valence-electron chi connectivity index (χ4n) is 1.62. The van der Waals surface area contributed by atoms with Gasteiger partial charge in [-0.25, -0.2) is 14.6 Å². The molecule has 0 spiro atoms. The van der Waals surface area contributed by atoms with Gasteiger partial charge in [0.25, 0.3) is 0 Å². The molecule has 5 nitrogen and oxygen atoms in total. The number of carbonyl (C=O) groups is 1. The van der Waals surface area contributed by atoms with E-state index in [1.54, 1.807) is 30.3 Å². The second-order valence-electron chi connectivity index (χ2n) is 4.33. The molecule has 0 aromatic heterocycles. The first kappa shape index (κ1) is 15.8. The Labute approximate surface area is 131 Å². The lowest BCUT2D eigenvalue weighted by Gasteiger charge is -2.08. The molecule has 0 fully saturated rings. The summed E-state index contributed by atoms with van der Waals surface area (Å²) in [5, 5.41) is 3.96. The molecule has 7 heteroatoms. The lowest BCUT2D eigenvalue weighted by atomic mass is 10.2. The maximum atomic E-state index is 12.9. The fourth-order valence-corrected chi connectivity index (χ4v) is 1.84. The molecule has 0 atom stereocenters. The van der Waals surface area contributed by atoms with Crippen molar-refractivity contribution in [2.75, 3.05) is 0 Å². The second kappa shape index (κ2) is 7.42. The maximum absolute atomic E-state index is 12.9. The fraction of sp³-hybridized carbons (Fsp3) is 0.0667. The highest BCUT2D eigenvalue weighted by atomic mass is 35.5. The van der Waals surface area contributed by atoms with Gasteiger partial charge in [-0.3, -0.25) is 0 Å². The van der Waals surface area contributed by atoms with Crippen molar-refractivity contribution in [3.63, 3.8) is 0 Å². The molecule has 22 heavy (non-hydrogen) atoms. The largest absolute Gasteiger partial charge is 0.489 e. The van der Waals surface area contributed by atoms with Gasteiger partial charge in [0.1, 0.15) is 18.2 Å². The van der Waals surface area contributed by atoms with Gasteiger partial charge in [0.2, 0.25) is 0 Å². The summed E-state index contributed by atoms with van der Waals surface area (Å²) >= 11 is 5.92. The molecule has 0 radical (unpaired) electrons. The lowest BCUT2D eigenvalue weighted by molar-refractivity contribution is 0.249. The Bertz CT molecular complexity index is 690. The van der Waals surface area contributed by atoms with Crippen molar-refractivity contribution in [2.45, 2.75) is 6.61 Å². The first-order valence-electron chi connectivity index (χ1n) is 6.30. The van der Waals surface area contributed by atoms with Crippen LogP contribution < -0.4 is 15.9 Å². The van der Waals surface area contributed by atoms with E-state index in [0.717, 1.165) is 5.56 Å². The number of nitrogens with two attached hydrogens (primary N) is 1. The zero-order chi connectivity index (χ0) is 15.9. The molecule has 2 amide bonds. The average Bonchev–Trinajstić information content (AvgIpc) is 2.47. The molecule has 0 unspecified atom stereocenters. The zero-order valence-corrected chi connectivity index (χ0v) is 12.2. The normalized spacial score (nSPS) is 10.6. The van der Waals surface area contributed by atoms with Crippen LogP contribution in [0.2, 0.25) is 5.02 Å². The van der Waals surface area contributed by atoms with Gasteiger partial charge in [-0.05, 0) is 42.0 Å². The molecule has 0 heterocycles. The third-order valence-electron chi connectivity index (χ3n) is 2.68. The number of halogens is 2. The summed E-state index contributed by atoms with van der Waals surface area (Å²) in [5.74, 6) is 0.238. The quantitative estimate of drug-likeness (QED) is 0.656. The lowest BCUT2D eigenvalue weighted by Crippen LogP contribution is -2.24. The highest BCUT2D eigenvalue weighted by Gasteiger charge is 2.03. The van der Waals surface area contributed by atoms with Crippen LogP contribution in [-0.4, -0.2) is 12.2 Å². The Hall–Kier alpha value is -2.60. The van der Waals surface area contributed by atoms with E-state index < -0.39 is 6.03 Å². The van der Waals surface area contributed by atoms with Crippen molar-refractivity contribution in [1.29, 1.82) is 0 Å². The van der Waals surface area contributed by atoms with Crippen molar-refractivity contribution in [1.82, 2.24) is 5.43 Å². The molecular weight excluding hydrogens is 309 g/mol. The first-order chi connectivity index (χ1) is 10.5. The van der Waals surface area contributed by atoms with E-state index in [9.17, 15) is 9.18 Å². The predicted molar refractivity (Wildman–Crippen MR) is 82.5 cm³/mol. The third-order valence-corrected chi connectivity index (χ3v) is 3.03. The Morgan fingerprint density at radius 2 is 2.05 bits per heavy atom. The summed E-state index contributed by atoms with van der Waals surface area (Å²) in [5.41, 5.74) is 8.44. The number of hydrogen-bond acceptors (Lipinski definition) is 3. The number of nitrogens with one attached hydrogen (secondary N) is 1. The SMILES string of the molecule is NC(=O)NN=Cc1ccc(OCc2ccc(F)cc2Cl)cc1. The number of hydrazone groups is 1. The number of amides is 2. The average molecular weight is 322 g/mol. The minimum Gasteiger partial charge on any atom is -0.489 e. The summed E-state index contributed by atoms with van der Waals surface area (Å²) in [6.45, 7) is 0.232. The van der Waals surface area contributed by atoms with Crippen LogP contribution >= 0.6 is 11.6 Å². The Balaban J connectivity index is 1.93. The topological polar surface area (TPSA) is 76.7 Å². The molecule has 2 aromatic rings. The summed E-state index contributed by atoms with van der Waals surface area (Å²) in [7, 11) is 0. The molecule has 2 rings (SSSR count). The summed E-state index contributed by atoms with van der Waals surface area (Å²) < 4.78 is 18.5. The smallest absolute Gasteiger partial charge is 0.332 e. The van der Waals surface area contributed by atoms with E-state index in [2.05, 4.69) is 10.5 Å². The molecule has 0 saturated carbocycles. The van der Waals surface area contributed by atoms with Crippen LogP contribution in [0.1, 0.15) is 11.1 Å². The highest BCUT2D eigenvalue weighted by molar-refractivity contribution is 6.31. The molecule has 0 aliphatic heterocycles. The highest BCUT2D eigenvalue weighted by Crippen LogP contribution is 2.20. The van der Waals surface area contributed by atoms with Crippen molar-refractivity contribution < 1.29 is 13.9 Å². The van der Waals surface area contributed by atoms with Crippen LogP contribution in [0.4, 0.5) is 9.18 Å². The van der Waals surface area contributed by atoms with Gasteiger partial charge < -0.3 is 10.5 Å². The van der Waals surface area contributed by atoms with Crippen molar-refractivity contribution in [3.8, 4) is 5.75 Å². The van der Waals surface area contributed by atoms with Gasteiger partial charge >= 0.3 is 6.03 Å². The summed E-state index contributed by atoms with van der Waals surface area (Å²) in [6.07, 6.45) is 1.45. The van der Waals surface area contributed by atoms with Crippen LogP contribution in [-0.2, 0) is 6.61 Å². The molecule has 114 valence electrons. The minimum atomic E-state index is -0.729. The number of hydrogen-bond donors (Lipinski definition) is 2. The van der Waals surface area contributed by atoms with Gasteiger partial charge in [-0.15, -0.1) is 0 Å². The minimum absolute atomic E-state index is 0.232. The Kier molecular flexibility index (Phi) is 5.32. The molecule has 0 bridgehead atoms. The maximum Gasteiger partial charge on any atom is 0.332 e. The first-order valence-corrected chi connectivity index (χ1v) is 6.67. The molecule has 0 aliphatic rings. The second-order valence-corrected chi connectivity index (χ2v) is 4.73. The van der Waals surface area contributed by atoms with Gasteiger partial charge in [0.15, 0.2) is 0 Å². The number of urea groups is 1. The number of rotatable bonds is 5. The van der Waals surface area contributed by atoms with E-state index in [4.69, 9.17) is 22.1 Å². The van der Waals surface area contributed by atoms with E-state index in [0.29, 0.717) is 16.3 Å². The number of ether oxygens (including phenoxy) is 1. The predicted octanol–water partition coefficient (Wildman–Crippen LogP) is 3.06. The van der Waals surface area contributed by atoms with E-state index in [1.807, 2.05) is 0 Å². The standard InChI is InChI=1S/C15H13ClFN3O2/c16-14-7-12(17)4-3-11(14)9-22-13-5-1-10(2-6-13)8-19-20-15(18)21/h1-8H,9H2,(H3,18,20,21). The van der Waals surface area contributed by atoms with Crippen LogP contribution in [0, 0.1) is 5.82 Å². The third kappa shape index (κ3) is 4.75. The summed E-state index contributed by atoms with van der Waals surface area (Å²) in [6, 6.07) is 10.4. The van der Waals surface area contributed by atoms with Crippen molar-refractivity contribution in [3.05, 3.63) is 64.4 Å². The number of nitrogens with zero attached hydrogens (tertiary/aromatic N) is 1. The van der Waals surface area contributed by atoms with Gasteiger partial charge in [-0.1, -0.05) is 17.7 Å². The number of carbonyl (C=O) groups excluding carboxylic acids is 1. The zero-order valence-electron chi connectivity index (χ0n) is 11.4. The van der Waals surface area contributed by atoms with Crippen LogP contribution in [0.5, 0.6) is 5.75 Å². The molecule has 2 aromatic carbocycles. The molecule has 3 N–H and O–H groups in total.